The molecule has 0 atom stereocenters. The Morgan fingerprint density at radius 3 is 2.60 bits per heavy atom. The molecule has 6 nitrogen and oxygen atoms in total. The predicted molar refractivity (Wildman–Crippen MR) is 77.2 cm³/mol. The van der Waals surface area contributed by atoms with E-state index in [1.165, 1.54) is 29.9 Å². The summed E-state index contributed by atoms with van der Waals surface area (Å²) < 4.78 is 6.62. The second-order valence-electron chi connectivity index (χ2n) is 4.42. The Balaban J connectivity index is 3.17. The molecule has 0 unspecified atom stereocenters. The van der Waals surface area contributed by atoms with Crippen LogP contribution in [0, 0.1) is 17.0 Å². The van der Waals surface area contributed by atoms with Crippen molar-refractivity contribution in [3.63, 3.8) is 0 Å². The fourth-order valence-electron chi connectivity index (χ4n) is 2.36. The lowest BCUT2D eigenvalue weighted by Crippen LogP contribution is -2.17. The average Bonchev–Trinajstić information content (AvgIpc) is 2.42. The first-order valence-electron chi connectivity index (χ1n) is 5.90. The number of rotatable bonds is 3. The molecule has 0 saturated carbocycles. The summed E-state index contributed by atoms with van der Waals surface area (Å²) in [6.07, 6.45) is 1.43. The third-order valence-corrected chi connectivity index (χ3v) is 3.30. The first kappa shape index (κ1) is 13.8. The van der Waals surface area contributed by atoms with Crippen LogP contribution in [0.2, 0.25) is 0 Å². The summed E-state index contributed by atoms with van der Waals surface area (Å²) >= 11 is 0. The van der Waals surface area contributed by atoms with Crippen molar-refractivity contribution in [1.82, 2.24) is 4.57 Å². The van der Waals surface area contributed by atoms with Crippen molar-refractivity contribution in [1.29, 1.82) is 0 Å². The maximum Gasteiger partial charge on any atom is 0.281 e. The van der Waals surface area contributed by atoms with Gasteiger partial charge in [0.15, 0.2) is 0 Å². The van der Waals surface area contributed by atoms with Crippen molar-refractivity contribution in [3.05, 3.63) is 50.3 Å². The average molecular weight is 274 g/mol. The highest BCUT2D eigenvalue weighted by atomic mass is 16.6. The van der Waals surface area contributed by atoms with Crippen LogP contribution in [-0.4, -0.2) is 16.6 Å². The molecule has 1 heterocycles. The van der Waals surface area contributed by atoms with E-state index in [4.69, 9.17) is 4.74 Å². The monoisotopic (exact) mass is 274 g/mol. The van der Waals surface area contributed by atoms with E-state index < -0.39 is 4.92 Å². The van der Waals surface area contributed by atoms with Gasteiger partial charge in [-0.15, -0.1) is 0 Å². The molecule has 0 fully saturated rings. The van der Waals surface area contributed by atoms with E-state index in [-0.39, 0.29) is 11.2 Å². The fourth-order valence-corrected chi connectivity index (χ4v) is 2.36. The Morgan fingerprint density at radius 1 is 1.45 bits per heavy atom. The van der Waals surface area contributed by atoms with Crippen molar-refractivity contribution in [2.45, 2.75) is 6.92 Å². The quantitative estimate of drug-likeness (QED) is 0.636. The summed E-state index contributed by atoms with van der Waals surface area (Å²) in [4.78, 5) is 22.6. The summed E-state index contributed by atoms with van der Waals surface area (Å²) in [5.74, 6) is 0.292. The Hall–Kier alpha value is -2.63. The molecule has 0 aliphatic carbocycles. The molecule has 104 valence electrons. The van der Waals surface area contributed by atoms with E-state index in [9.17, 15) is 14.9 Å². The third-order valence-electron chi connectivity index (χ3n) is 3.30. The number of fused-ring (bicyclic) bond motifs is 1. The lowest BCUT2D eigenvalue weighted by molar-refractivity contribution is -0.385. The molecule has 1 aromatic carbocycles. The molecule has 20 heavy (non-hydrogen) atoms. The van der Waals surface area contributed by atoms with Gasteiger partial charge in [0.1, 0.15) is 5.75 Å². The number of hydrogen-bond donors (Lipinski definition) is 0. The van der Waals surface area contributed by atoms with Crippen LogP contribution in [0.25, 0.3) is 17.0 Å². The number of benzene rings is 1. The van der Waals surface area contributed by atoms with Crippen LogP contribution in [0.4, 0.5) is 5.69 Å². The van der Waals surface area contributed by atoms with Crippen LogP contribution in [0.3, 0.4) is 0 Å². The number of pyridine rings is 1. The van der Waals surface area contributed by atoms with Gasteiger partial charge in [-0.05, 0) is 12.5 Å². The normalized spacial score (nSPS) is 10.6. The Kier molecular flexibility index (Phi) is 3.31. The topological polar surface area (TPSA) is 74.4 Å². The lowest BCUT2D eigenvalue weighted by Gasteiger charge is -2.14. The molecule has 0 aliphatic rings. The van der Waals surface area contributed by atoms with Crippen molar-refractivity contribution >= 4 is 22.7 Å². The molecule has 0 saturated heterocycles. The maximum absolute atomic E-state index is 11.9. The van der Waals surface area contributed by atoms with E-state index in [0.717, 1.165) is 0 Å². The highest BCUT2D eigenvalue weighted by Crippen LogP contribution is 2.36. The second-order valence-corrected chi connectivity index (χ2v) is 4.42. The van der Waals surface area contributed by atoms with E-state index in [1.54, 1.807) is 14.0 Å². The van der Waals surface area contributed by atoms with Crippen LogP contribution in [0.15, 0.2) is 23.5 Å². The van der Waals surface area contributed by atoms with Gasteiger partial charge in [-0.25, -0.2) is 0 Å². The molecule has 0 aliphatic heterocycles. The first-order chi connectivity index (χ1) is 9.42. The van der Waals surface area contributed by atoms with Gasteiger partial charge in [0.05, 0.1) is 29.2 Å². The van der Waals surface area contributed by atoms with E-state index >= 15 is 0 Å². The fraction of sp³-hybridized carbons (Fsp3) is 0.214. The Morgan fingerprint density at radius 2 is 2.10 bits per heavy atom. The number of hydrogen-bond acceptors (Lipinski definition) is 4. The molecule has 0 N–H and O–H groups in total. The summed E-state index contributed by atoms with van der Waals surface area (Å²) in [7, 11) is 3.02. The minimum Gasteiger partial charge on any atom is -0.494 e. The molecule has 6 heteroatoms. The van der Waals surface area contributed by atoms with E-state index in [0.29, 0.717) is 27.8 Å². The maximum atomic E-state index is 11.9. The number of ether oxygens (including phenoxy) is 1. The van der Waals surface area contributed by atoms with Crippen molar-refractivity contribution in [2.75, 3.05) is 7.11 Å². The van der Waals surface area contributed by atoms with Crippen molar-refractivity contribution in [2.24, 2.45) is 7.05 Å². The molecule has 2 aromatic rings. The van der Waals surface area contributed by atoms with Gasteiger partial charge in [-0.2, -0.15) is 0 Å². The first-order valence-corrected chi connectivity index (χ1v) is 5.90. The lowest BCUT2D eigenvalue weighted by atomic mass is 10.0. The summed E-state index contributed by atoms with van der Waals surface area (Å²) in [5, 5.41) is 11.8. The number of nitrogens with zero attached hydrogens (tertiary/aromatic N) is 2. The van der Waals surface area contributed by atoms with Gasteiger partial charge >= 0.3 is 0 Å². The predicted octanol–water partition coefficient (Wildman–Crippen LogP) is 2.41. The zero-order chi connectivity index (χ0) is 15.0. The molecule has 0 amide bonds. The number of aromatic nitrogens is 1. The number of methoxy groups -OCH3 is 1. The summed E-state index contributed by atoms with van der Waals surface area (Å²) in [5.41, 5.74) is 1.28. The van der Waals surface area contributed by atoms with Gasteiger partial charge in [0, 0.05) is 18.5 Å². The van der Waals surface area contributed by atoms with Crippen LogP contribution in [0.1, 0.15) is 11.1 Å². The largest absolute Gasteiger partial charge is 0.494 e. The molecule has 0 spiro atoms. The molecular formula is C14H14N2O4. The third kappa shape index (κ3) is 1.85. The summed E-state index contributed by atoms with van der Waals surface area (Å²) in [6.45, 7) is 5.38. The van der Waals surface area contributed by atoms with Crippen molar-refractivity contribution in [3.8, 4) is 5.75 Å². The van der Waals surface area contributed by atoms with Crippen LogP contribution >= 0.6 is 0 Å². The van der Waals surface area contributed by atoms with Gasteiger partial charge < -0.3 is 9.30 Å². The standard InChI is InChI=1S/C14H14N2O4/c1-5-9-10(16(18)19)7-11(20-4)14-13(9)8(2)6-12(17)15(14)3/h5-7H,1H2,2-4H3. The zero-order valence-corrected chi connectivity index (χ0v) is 11.5. The SMILES string of the molecule is C=Cc1c([N+](=O)[O-])cc(OC)c2c1c(C)cc(=O)n2C. The Bertz CT molecular complexity index is 790. The molecule has 0 radical (unpaired) electrons. The number of aryl methyl sites for hydroxylation is 2. The Labute approximate surface area is 115 Å². The highest BCUT2D eigenvalue weighted by Gasteiger charge is 2.22. The van der Waals surface area contributed by atoms with Gasteiger partial charge in [0.25, 0.3) is 11.2 Å². The smallest absolute Gasteiger partial charge is 0.281 e. The van der Waals surface area contributed by atoms with Crippen molar-refractivity contribution < 1.29 is 9.66 Å². The van der Waals surface area contributed by atoms with Gasteiger partial charge in [-0.3, -0.25) is 14.9 Å². The zero-order valence-electron chi connectivity index (χ0n) is 11.5. The molecular weight excluding hydrogens is 260 g/mol. The van der Waals surface area contributed by atoms with E-state index in [1.807, 2.05) is 0 Å². The molecule has 1 aromatic heterocycles. The van der Waals surface area contributed by atoms with Crippen LogP contribution in [0.5, 0.6) is 5.75 Å². The summed E-state index contributed by atoms with van der Waals surface area (Å²) in [6, 6.07) is 2.76. The van der Waals surface area contributed by atoms with Gasteiger partial charge in [-0.1, -0.05) is 12.7 Å². The highest BCUT2D eigenvalue weighted by molar-refractivity contribution is 5.98. The number of nitro groups is 1. The van der Waals surface area contributed by atoms with Crippen LogP contribution in [-0.2, 0) is 7.05 Å². The van der Waals surface area contributed by atoms with Gasteiger partial charge in [0.2, 0.25) is 0 Å². The minimum atomic E-state index is -0.483. The minimum absolute atomic E-state index is 0.0916. The van der Waals surface area contributed by atoms with Crippen LogP contribution < -0.4 is 10.3 Å². The molecule has 0 bridgehead atoms. The second kappa shape index (κ2) is 4.80. The van der Waals surface area contributed by atoms with E-state index in [2.05, 4.69) is 6.58 Å². The number of nitro benzene ring substituents is 1. The molecule has 2 rings (SSSR count).